The fourth-order valence-electron chi connectivity index (χ4n) is 11.0. The zero-order valence-electron chi connectivity index (χ0n) is 51.4. The highest BCUT2D eigenvalue weighted by Gasteiger charge is 2.39. The quantitative estimate of drug-likeness (QED) is 0.0144. The van der Waals surface area contributed by atoms with Crippen molar-refractivity contribution in [2.75, 3.05) is 57.1 Å². The van der Waals surface area contributed by atoms with Gasteiger partial charge in [0.2, 0.25) is 41.4 Å². The van der Waals surface area contributed by atoms with E-state index in [2.05, 4.69) is 72.2 Å². The lowest BCUT2D eigenvalue weighted by Gasteiger charge is -2.40. The number of nitrogens with zero attached hydrogens (tertiary/aromatic N) is 6. The number of likely N-dealkylation sites (N-methyl/N-ethyl adjacent to an activating group) is 1. The number of phenols is 1. The number of aromatic nitrogens is 5. The number of aromatic hydroxyl groups is 1. The average Bonchev–Trinajstić information content (AvgIpc) is 2.67. The number of imidazole rings is 1. The van der Waals surface area contributed by atoms with Crippen molar-refractivity contribution in [2.24, 2.45) is 11.8 Å². The third-order valence-corrected chi connectivity index (χ3v) is 19.3. The number of fused-ring (bicyclic) bond motifs is 2. The van der Waals surface area contributed by atoms with Crippen molar-refractivity contribution in [3.63, 3.8) is 0 Å². The number of phenolic OH excluding ortho intramolecular Hbond substituents is 1. The van der Waals surface area contributed by atoms with Crippen molar-refractivity contribution in [3.05, 3.63) is 87.1 Å². The number of nitrogen functional groups attached to an aromatic ring is 1. The van der Waals surface area contributed by atoms with Gasteiger partial charge in [0.25, 0.3) is 5.91 Å². The summed E-state index contributed by atoms with van der Waals surface area (Å²) in [6, 6.07) is 11.1. The van der Waals surface area contributed by atoms with Crippen LogP contribution in [0.25, 0.3) is 11.2 Å². The molecule has 1 aliphatic carbocycles. The Balaban J connectivity index is 0.824. The third kappa shape index (κ3) is 20.0. The lowest BCUT2D eigenvalue weighted by molar-refractivity contribution is -0.143. The summed E-state index contributed by atoms with van der Waals surface area (Å²) in [7, 11) is 5.14. The first-order chi connectivity index (χ1) is 42.0. The van der Waals surface area contributed by atoms with Crippen LogP contribution in [-0.2, 0) is 48.3 Å². The standard InChI is InChI=1S/C62H89N13O9S3/c1-8-25-75(61(82)53(39(6)10-3)71-58(81)48-14-11-12-26-74(48)7)49(38(4)5)33-50(83-27-9-2)60-70-47(36-85-60)57(80)69-43-30-42-21-22-44(76)32-45(42)46(31-43)56(79)65-24-29-87-86-28-23-64-51(77)15-13-16-52(78)66-34-40-17-19-41(20-18-40)35-84-59-54-55(68-37-67-54)72-62(63)73-59/h17-22,32,36-39,43,46,48-50,53,76H,8-16,23-31,33-35H2,1-7H3,(H,64,77)(H,65,79)(H,66,78)(H,69,80)(H,71,81)(H3,63,67,68,72,73)/t39-,43?,46+,48+,49+,50+,53-/m0/s1. The predicted octanol–water partition coefficient (Wildman–Crippen LogP) is 7.74. The highest BCUT2D eigenvalue weighted by atomic mass is 33.1. The summed E-state index contributed by atoms with van der Waals surface area (Å²) >= 11 is 1.35. The van der Waals surface area contributed by atoms with Crippen LogP contribution >= 0.6 is 32.9 Å². The van der Waals surface area contributed by atoms with Crippen molar-refractivity contribution in [2.45, 2.75) is 168 Å². The van der Waals surface area contributed by atoms with E-state index in [-0.39, 0.29) is 96.2 Å². The van der Waals surface area contributed by atoms with Gasteiger partial charge in [0.15, 0.2) is 5.65 Å². The number of anilines is 1. The van der Waals surface area contributed by atoms with E-state index in [4.69, 9.17) is 20.2 Å². The molecule has 2 aliphatic rings. The van der Waals surface area contributed by atoms with E-state index in [0.29, 0.717) is 92.0 Å². The van der Waals surface area contributed by atoms with Gasteiger partial charge in [-0.05, 0) is 105 Å². The van der Waals surface area contributed by atoms with E-state index in [9.17, 15) is 33.9 Å². The number of likely N-dealkylation sites (tertiary alicyclic amines) is 1. The molecule has 6 amide bonds. The zero-order valence-corrected chi connectivity index (χ0v) is 53.8. The number of nitrogens with two attached hydrogens (primary N) is 1. The van der Waals surface area contributed by atoms with Gasteiger partial charge in [0.1, 0.15) is 40.7 Å². The minimum atomic E-state index is -0.678. The third-order valence-electron chi connectivity index (χ3n) is 16.0. The summed E-state index contributed by atoms with van der Waals surface area (Å²) in [6.07, 6.45) is 8.12. The molecule has 1 saturated heterocycles. The highest BCUT2D eigenvalue weighted by Crippen LogP contribution is 2.36. The second kappa shape index (κ2) is 34.3. The summed E-state index contributed by atoms with van der Waals surface area (Å²) < 4.78 is 12.4. The van der Waals surface area contributed by atoms with Crippen molar-refractivity contribution >= 4 is 85.5 Å². The zero-order chi connectivity index (χ0) is 62.4. The average molecular weight is 1260 g/mol. The van der Waals surface area contributed by atoms with Gasteiger partial charge in [-0.2, -0.15) is 9.97 Å². The Morgan fingerprint density at radius 2 is 1.64 bits per heavy atom. The van der Waals surface area contributed by atoms with Gasteiger partial charge in [-0.1, -0.05) is 106 Å². The Labute approximate surface area is 523 Å². The number of nitrogens with one attached hydrogen (secondary N) is 6. The van der Waals surface area contributed by atoms with Crippen LogP contribution in [0.15, 0.2) is 54.2 Å². The Morgan fingerprint density at radius 1 is 0.908 bits per heavy atom. The molecule has 0 bridgehead atoms. The number of piperidine rings is 1. The van der Waals surface area contributed by atoms with E-state index < -0.39 is 24.1 Å². The van der Waals surface area contributed by atoms with Crippen molar-refractivity contribution in [1.29, 1.82) is 0 Å². The van der Waals surface area contributed by atoms with Gasteiger partial charge >= 0.3 is 0 Å². The van der Waals surface area contributed by atoms with Crippen molar-refractivity contribution in [1.82, 2.24) is 61.3 Å². The molecule has 7 rings (SSSR count). The number of hydrogen-bond donors (Lipinski definition) is 8. The Kier molecular flexibility index (Phi) is 26.8. The Bertz CT molecular complexity index is 3060. The Morgan fingerprint density at radius 3 is 2.36 bits per heavy atom. The molecule has 5 aromatic rings. The van der Waals surface area contributed by atoms with Gasteiger partial charge in [0.05, 0.1) is 18.3 Å². The molecule has 25 heteroatoms. The minimum absolute atomic E-state index is 0.0406. The molecule has 1 aliphatic heterocycles. The first-order valence-corrected chi connectivity index (χ1v) is 34.1. The number of carbonyl (C=O) groups excluding carboxylic acids is 6. The van der Waals surface area contributed by atoms with E-state index in [1.54, 1.807) is 45.2 Å². The van der Waals surface area contributed by atoms with Gasteiger partial charge in [-0.25, -0.2) is 9.97 Å². The topological polar surface area (TPSA) is 301 Å². The molecule has 22 nitrogen and oxygen atoms in total. The molecule has 0 spiro atoms. The molecule has 87 heavy (non-hydrogen) atoms. The second-order valence-corrected chi connectivity index (χ2v) is 26.5. The summed E-state index contributed by atoms with van der Waals surface area (Å²) in [4.78, 5) is 106. The minimum Gasteiger partial charge on any atom is -0.508 e. The van der Waals surface area contributed by atoms with E-state index in [1.807, 2.05) is 57.0 Å². The summed E-state index contributed by atoms with van der Waals surface area (Å²) in [5, 5.41) is 28.1. The number of aromatic amines is 1. The first kappa shape index (κ1) is 68.0. The molecule has 7 atom stereocenters. The molecular weight excluding hydrogens is 1170 g/mol. The van der Waals surface area contributed by atoms with Crippen LogP contribution in [0.4, 0.5) is 5.95 Å². The summed E-state index contributed by atoms with van der Waals surface area (Å²) in [5.74, 6) is 0.0205. The molecule has 0 saturated carbocycles. The molecule has 1 unspecified atom stereocenters. The fraction of sp³-hybridized carbons (Fsp3) is 0.581. The maximum absolute atomic E-state index is 14.8. The maximum Gasteiger partial charge on any atom is 0.270 e. The molecule has 1 fully saturated rings. The normalized spacial score (nSPS) is 17.4. The summed E-state index contributed by atoms with van der Waals surface area (Å²) in [5.41, 5.74) is 10.4. The number of amides is 6. The fourth-order valence-corrected chi connectivity index (χ4v) is 13.7. The van der Waals surface area contributed by atoms with Gasteiger partial charge in [-0.3, -0.25) is 33.7 Å². The number of benzene rings is 2. The lowest BCUT2D eigenvalue weighted by Crippen LogP contribution is -2.58. The van der Waals surface area contributed by atoms with E-state index in [1.165, 1.54) is 17.7 Å². The number of ether oxygens (including phenoxy) is 2. The number of H-pyrrole nitrogens is 1. The van der Waals surface area contributed by atoms with Crippen LogP contribution in [0, 0.1) is 11.8 Å². The molecule has 3 aromatic heterocycles. The summed E-state index contributed by atoms with van der Waals surface area (Å²) in [6.45, 7) is 15.7. The molecule has 474 valence electrons. The second-order valence-electron chi connectivity index (χ2n) is 22.9. The van der Waals surface area contributed by atoms with Crippen LogP contribution in [0.3, 0.4) is 0 Å². The Hall–Kier alpha value is -6.54. The van der Waals surface area contributed by atoms with Crippen LogP contribution < -0.4 is 37.1 Å². The highest BCUT2D eigenvalue weighted by molar-refractivity contribution is 8.76. The first-order valence-electron chi connectivity index (χ1n) is 30.7. The molecule has 2 aromatic carbocycles. The van der Waals surface area contributed by atoms with Crippen LogP contribution in [-0.4, -0.2) is 151 Å². The maximum atomic E-state index is 14.8. The van der Waals surface area contributed by atoms with Crippen LogP contribution in [0.5, 0.6) is 11.6 Å². The van der Waals surface area contributed by atoms with Crippen LogP contribution in [0.2, 0.25) is 0 Å². The predicted molar refractivity (Wildman–Crippen MR) is 342 cm³/mol. The molecule has 9 N–H and O–H groups in total. The number of thiazole rings is 1. The van der Waals surface area contributed by atoms with Gasteiger partial charge in [-0.15, -0.1) is 11.3 Å². The molecule has 0 radical (unpaired) electrons. The van der Waals surface area contributed by atoms with Crippen LogP contribution in [0.1, 0.15) is 162 Å². The number of hydrogen-bond acceptors (Lipinski definition) is 18. The van der Waals surface area contributed by atoms with E-state index >= 15 is 0 Å². The smallest absolute Gasteiger partial charge is 0.270 e. The van der Waals surface area contributed by atoms with Crippen molar-refractivity contribution < 1.29 is 43.3 Å². The SMILES string of the molecule is CCCO[C@H](C[C@H](C(C)C)N(CCC)C(=O)[C@@H](NC(=O)[C@H]1CCCCN1C)[C@@H](C)CC)c1nc(C(=O)NC2Cc3ccc(O)cc3[C@H](C(=O)NCCSSCCNC(=O)CCCC(=O)NCc3ccc(COc4nc(N)nc5nc[nH]c45)cc3)C2)cs1. The van der Waals surface area contributed by atoms with Crippen molar-refractivity contribution in [3.8, 4) is 11.6 Å². The lowest BCUT2D eigenvalue weighted by atomic mass is 9.79. The van der Waals surface area contributed by atoms with E-state index in [0.717, 1.165) is 67.3 Å². The van der Waals surface area contributed by atoms with Gasteiger partial charge < -0.3 is 56.8 Å². The number of rotatable bonds is 34. The molecule has 4 heterocycles. The van der Waals surface area contributed by atoms with Gasteiger partial charge in [0, 0.05) is 81.0 Å². The largest absolute Gasteiger partial charge is 0.508 e. The molecular formula is C62H89N13O9S3. The number of carbonyl (C=O) groups is 6. The monoisotopic (exact) mass is 1260 g/mol.